The van der Waals surface area contributed by atoms with E-state index in [1.165, 1.54) is 31.2 Å². The predicted molar refractivity (Wildman–Crippen MR) is 93.0 cm³/mol. The van der Waals surface area contributed by atoms with Crippen molar-refractivity contribution in [1.82, 2.24) is 0 Å². The molecule has 0 saturated heterocycles. The zero-order chi connectivity index (χ0) is 16.5. The monoisotopic (exact) mass is 324 g/mol. The first kappa shape index (κ1) is 14.2. The molecule has 0 radical (unpaired) electrons. The molecule has 6 aliphatic rings. The zero-order valence-corrected chi connectivity index (χ0v) is 15.0. The number of rotatable bonds is 1. The highest BCUT2D eigenvalue weighted by Crippen LogP contribution is 2.94. The van der Waals surface area contributed by atoms with E-state index in [0.717, 1.165) is 29.9 Å². The van der Waals surface area contributed by atoms with Gasteiger partial charge in [0.25, 0.3) is 0 Å². The summed E-state index contributed by atoms with van der Waals surface area (Å²) >= 11 is 0. The van der Waals surface area contributed by atoms with E-state index >= 15 is 0 Å². The molecule has 0 aromatic heterocycles. The third kappa shape index (κ3) is 1.13. The Morgan fingerprint density at radius 3 is 2.75 bits per heavy atom. The van der Waals surface area contributed by atoms with Crippen molar-refractivity contribution in [2.45, 2.75) is 57.5 Å². The van der Waals surface area contributed by atoms with Gasteiger partial charge in [-0.2, -0.15) is 0 Å². The number of fused-ring (bicyclic) bond motifs is 3. The highest BCUT2D eigenvalue weighted by molar-refractivity contribution is 5.47. The molecule has 0 aliphatic heterocycles. The fourth-order valence-corrected chi connectivity index (χ4v) is 9.02. The van der Waals surface area contributed by atoms with E-state index in [4.69, 9.17) is 4.74 Å². The lowest BCUT2D eigenvalue weighted by molar-refractivity contribution is -0.108. The quantitative estimate of drug-likeness (QED) is 0.840. The summed E-state index contributed by atoms with van der Waals surface area (Å²) in [7, 11) is 1.76. The van der Waals surface area contributed by atoms with Crippen LogP contribution in [0.1, 0.15) is 56.6 Å². The highest BCUT2D eigenvalue weighted by atomic mass is 16.5. The second-order valence-electron chi connectivity index (χ2n) is 9.67. The van der Waals surface area contributed by atoms with Crippen molar-refractivity contribution in [2.24, 2.45) is 34.5 Å². The van der Waals surface area contributed by atoms with Gasteiger partial charge in [0.15, 0.2) is 0 Å². The molecule has 1 spiro atoms. The van der Waals surface area contributed by atoms with E-state index in [9.17, 15) is 5.11 Å². The second kappa shape index (κ2) is 3.87. The minimum atomic E-state index is -0.368. The lowest BCUT2D eigenvalue weighted by atomic mass is 9.52. The molecule has 24 heavy (non-hydrogen) atoms. The molecule has 1 N–H and O–H groups in total. The van der Waals surface area contributed by atoms with Crippen LogP contribution in [0.2, 0.25) is 0 Å². The average molecular weight is 324 g/mol. The second-order valence-corrected chi connectivity index (χ2v) is 9.67. The normalized spacial score (nSPS) is 55.6. The van der Waals surface area contributed by atoms with Gasteiger partial charge in [-0.3, -0.25) is 0 Å². The van der Waals surface area contributed by atoms with Crippen LogP contribution in [-0.2, 0) is 6.42 Å². The fraction of sp³-hybridized carbons (Fsp3) is 0.727. The molecular weight excluding hydrogens is 296 g/mol. The van der Waals surface area contributed by atoms with Crippen molar-refractivity contribution >= 4 is 0 Å². The summed E-state index contributed by atoms with van der Waals surface area (Å²) in [6, 6.07) is 6.77. The minimum Gasteiger partial charge on any atom is -0.497 e. The summed E-state index contributed by atoms with van der Waals surface area (Å²) in [5.74, 6) is 4.65. The first-order chi connectivity index (χ1) is 11.5. The minimum absolute atomic E-state index is 0.180. The van der Waals surface area contributed by atoms with Crippen molar-refractivity contribution in [3.63, 3.8) is 0 Å². The topological polar surface area (TPSA) is 29.5 Å². The Labute approximate surface area is 144 Å². The number of hydrogen-bond acceptors (Lipinski definition) is 2. The van der Waals surface area contributed by atoms with Crippen LogP contribution in [0.4, 0.5) is 0 Å². The SMILES string of the molecule is COc1ccc2c(c1)CC[C@@H]1[C@@H]2CC[C@@]2(C)[C@]13C1C[C@@]2(O)C(C)[C@@H]13. The van der Waals surface area contributed by atoms with Crippen molar-refractivity contribution in [3.8, 4) is 5.75 Å². The van der Waals surface area contributed by atoms with Crippen LogP contribution in [0.25, 0.3) is 0 Å². The molecule has 5 saturated carbocycles. The number of methoxy groups -OCH3 is 1. The molecule has 2 heteroatoms. The highest BCUT2D eigenvalue weighted by Gasteiger charge is 2.93. The summed E-state index contributed by atoms with van der Waals surface area (Å²) in [5, 5.41) is 11.5. The smallest absolute Gasteiger partial charge is 0.119 e. The molecule has 128 valence electrons. The van der Waals surface area contributed by atoms with Crippen LogP contribution in [0.5, 0.6) is 5.75 Å². The molecule has 0 amide bonds. The van der Waals surface area contributed by atoms with E-state index in [1.807, 2.05) is 0 Å². The van der Waals surface area contributed by atoms with E-state index in [0.29, 0.717) is 17.3 Å². The standard InChI is InChI=1S/C22H28O2/c1-12-19-18-11-21(12,23)20(2)9-8-16-15-6-5-14(24-3)10-13(15)4-7-17(16)22(18,19)20/h5-6,10,12,16-19,23H,4,7-9,11H2,1-3H3/t12?,16-,17-,18?,19+,20-,21-,22+/m1/s1. The van der Waals surface area contributed by atoms with Gasteiger partial charge in [0, 0.05) is 5.41 Å². The van der Waals surface area contributed by atoms with Gasteiger partial charge in [-0.1, -0.05) is 19.9 Å². The van der Waals surface area contributed by atoms with Crippen molar-refractivity contribution < 1.29 is 9.84 Å². The van der Waals surface area contributed by atoms with Crippen LogP contribution in [0.3, 0.4) is 0 Å². The van der Waals surface area contributed by atoms with E-state index in [-0.39, 0.29) is 11.0 Å². The van der Waals surface area contributed by atoms with Gasteiger partial charge >= 0.3 is 0 Å². The molecule has 5 fully saturated rings. The molecule has 0 heterocycles. The van der Waals surface area contributed by atoms with E-state index < -0.39 is 0 Å². The maximum absolute atomic E-state index is 11.5. The number of aryl methyl sites for hydroxylation is 1. The number of benzene rings is 1. The van der Waals surface area contributed by atoms with Gasteiger partial charge in [0.1, 0.15) is 5.75 Å². The summed E-state index contributed by atoms with van der Waals surface area (Å²) in [5.41, 5.74) is 3.39. The van der Waals surface area contributed by atoms with Crippen LogP contribution in [0, 0.1) is 34.5 Å². The van der Waals surface area contributed by atoms with Crippen molar-refractivity contribution in [1.29, 1.82) is 0 Å². The van der Waals surface area contributed by atoms with Gasteiger partial charge in [0.05, 0.1) is 12.7 Å². The van der Waals surface area contributed by atoms with E-state index in [1.54, 1.807) is 12.7 Å². The number of hydrogen-bond donors (Lipinski definition) is 1. The van der Waals surface area contributed by atoms with Crippen LogP contribution in [-0.4, -0.2) is 17.8 Å². The van der Waals surface area contributed by atoms with Crippen molar-refractivity contribution in [3.05, 3.63) is 29.3 Å². The summed E-state index contributed by atoms with van der Waals surface area (Å²) < 4.78 is 5.45. The Bertz CT molecular complexity index is 756. The van der Waals surface area contributed by atoms with Gasteiger partial charge < -0.3 is 9.84 Å². The number of aliphatic hydroxyl groups is 1. The van der Waals surface area contributed by atoms with Gasteiger partial charge in [-0.15, -0.1) is 0 Å². The summed E-state index contributed by atoms with van der Waals surface area (Å²) in [6.07, 6.45) is 6.08. The molecule has 7 rings (SSSR count). The van der Waals surface area contributed by atoms with Crippen LogP contribution >= 0.6 is 0 Å². The summed E-state index contributed by atoms with van der Waals surface area (Å²) in [6.45, 7) is 4.80. The molecule has 2 nitrogen and oxygen atoms in total. The Morgan fingerprint density at radius 1 is 1.21 bits per heavy atom. The first-order valence-electron chi connectivity index (χ1n) is 9.88. The molecule has 4 bridgehead atoms. The first-order valence-corrected chi connectivity index (χ1v) is 9.88. The Balaban J connectivity index is 1.47. The molecule has 1 aromatic carbocycles. The maximum Gasteiger partial charge on any atom is 0.119 e. The predicted octanol–water partition coefficient (Wildman–Crippen LogP) is 4.16. The zero-order valence-electron chi connectivity index (χ0n) is 15.0. The van der Waals surface area contributed by atoms with Crippen LogP contribution in [0.15, 0.2) is 18.2 Å². The largest absolute Gasteiger partial charge is 0.497 e. The molecule has 2 unspecified atom stereocenters. The summed E-state index contributed by atoms with van der Waals surface area (Å²) in [4.78, 5) is 0. The Kier molecular flexibility index (Phi) is 2.29. The Morgan fingerprint density at radius 2 is 2.04 bits per heavy atom. The van der Waals surface area contributed by atoms with Crippen molar-refractivity contribution in [2.75, 3.05) is 7.11 Å². The lowest BCUT2D eigenvalue weighted by Crippen LogP contribution is -2.51. The third-order valence-corrected chi connectivity index (χ3v) is 9.75. The molecular formula is C22H28O2. The average Bonchev–Trinajstić information content (AvgIpc) is 3.00. The number of ether oxygens (including phenoxy) is 1. The molecule has 1 aromatic rings. The van der Waals surface area contributed by atoms with E-state index in [2.05, 4.69) is 32.0 Å². The maximum atomic E-state index is 11.5. The van der Waals surface area contributed by atoms with Gasteiger partial charge in [0.2, 0.25) is 0 Å². The molecule has 8 atom stereocenters. The third-order valence-electron chi connectivity index (χ3n) is 9.75. The van der Waals surface area contributed by atoms with Crippen LogP contribution < -0.4 is 4.74 Å². The lowest BCUT2D eigenvalue weighted by Gasteiger charge is -2.53. The van der Waals surface area contributed by atoms with Gasteiger partial charge in [-0.25, -0.2) is 0 Å². The molecule has 6 aliphatic carbocycles. The fourth-order valence-electron chi connectivity index (χ4n) is 9.02. The van der Waals surface area contributed by atoms with Gasteiger partial charge in [-0.05, 0) is 90.4 Å². The Hall–Kier alpha value is -1.02.